The molecule has 0 aliphatic heterocycles. The summed E-state index contributed by atoms with van der Waals surface area (Å²) in [6.07, 6.45) is 0. The van der Waals surface area contributed by atoms with Crippen LogP contribution in [0.2, 0.25) is 5.28 Å². The first-order valence-corrected chi connectivity index (χ1v) is 8.90. The topological polar surface area (TPSA) is 77.2 Å². The number of ether oxygens (including phenoxy) is 1. The van der Waals surface area contributed by atoms with E-state index in [4.69, 9.17) is 20.8 Å². The number of anilines is 2. The van der Waals surface area contributed by atoms with Gasteiger partial charge in [0.1, 0.15) is 22.9 Å². The molecular weight excluding hydrogens is 378 g/mol. The molecule has 28 heavy (non-hydrogen) atoms. The molecule has 0 fully saturated rings. The van der Waals surface area contributed by atoms with E-state index in [1.54, 1.807) is 31.4 Å². The van der Waals surface area contributed by atoms with Crippen molar-refractivity contribution >= 4 is 34.1 Å². The van der Waals surface area contributed by atoms with E-state index in [0.29, 0.717) is 28.3 Å². The largest absolute Gasteiger partial charge is 0.497 e. The van der Waals surface area contributed by atoms with Crippen molar-refractivity contribution in [3.05, 3.63) is 75.8 Å². The summed E-state index contributed by atoms with van der Waals surface area (Å²) in [4.78, 5) is 20.6. The van der Waals surface area contributed by atoms with Gasteiger partial charge in [0, 0.05) is 29.1 Å². The summed E-state index contributed by atoms with van der Waals surface area (Å²) in [5, 5.41) is 3.85. The third-order valence-corrected chi connectivity index (χ3v) is 4.37. The molecule has 0 aliphatic rings. The van der Waals surface area contributed by atoms with Crippen LogP contribution in [0, 0.1) is 6.92 Å². The molecule has 0 aliphatic carbocycles. The maximum atomic E-state index is 12.5. The van der Waals surface area contributed by atoms with Gasteiger partial charge in [-0.05, 0) is 61.0 Å². The first kappa shape index (κ1) is 18.0. The highest BCUT2D eigenvalue weighted by Gasteiger charge is 2.09. The molecule has 0 unspecified atom stereocenters. The number of methoxy groups -OCH3 is 1. The number of hydrogen-bond acceptors (Lipinski definition) is 6. The van der Waals surface area contributed by atoms with Crippen molar-refractivity contribution in [2.24, 2.45) is 0 Å². The molecule has 2 aromatic heterocycles. The quantitative estimate of drug-likeness (QED) is 0.493. The number of aryl methyl sites for hydroxylation is 1. The first-order valence-electron chi connectivity index (χ1n) is 8.52. The van der Waals surface area contributed by atoms with Gasteiger partial charge in [-0.3, -0.25) is 4.79 Å². The van der Waals surface area contributed by atoms with E-state index < -0.39 is 0 Å². The lowest BCUT2D eigenvalue weighted by atomic mass is 10.1. The Bertz CT molecular complexity index is 1200. The monoisotopic (exact) mass is 393 g/mol. The minimum atomic E-state index is -0.122. The van der Waals surface area contributed by atoms with Crippen molar-refractivity contribution in [3.63, 3.8) is 0 Å². The van der Waals surface area contributed by atoms with Gasteiger partial charge in [-0.15, -0.1) is 0 Å². The van der Waals surface area contributed by atoms with E-state index in [2.05, 4.69) is 15.3 Å². The number of nitrogens with one attached hydrogen (secondary N) is 1. The van der Waals surface area contributed by atoms with Gasteiger partial charge in [0.05, 0.1) is 12.5 Å². The van der Waals surface area contributed by atoms with Crippen LogP contribution in [-0.4, -0.2) is 17.1 Å². The highest BCUT2D eigenvalue weighted by molar-refractivity contribution is 6.28. The molecule has 0 spiro atoms. The van der Waals surface area contributed by atoms with Gasteiger partial charge in [0.15, 0.2) is 5.43 Å². The van der Waals surface area contributed by atoms with E-state index in [1.807, 2.05) is 31.2 Å². The summed E-state index contributed by atoms with van der Waals surface area (Å²) in [7, 11) is 1.56. The zero-order valence-corrected chi connectivity index (χ0v) is 15.9. The van der Waals surface area contributed by atoms with Crippen molar-refractivity contribution < 1.29 is 9.15 Å². The molecule has 0 atom stereocenters. The molecule has 0 saturated heterocycles. The molecule has 0 saturated carbocycles. The summed E-state index contributed by atoms with van der Waals surface area (Å²) in [5.74, 6) is 1.72. The van der Waals surface area contributed by atoms with Gasteiger partial charge in [0.25, 0.3) is 0 Å². The number of nitrogens with zero attached hydrogens (tertiary/aromatic N) is 2. The average molecular weight is 394 g/mol. The van der Waals surface area contributed by atoms with Gasteiger partial charge in [-0.2, -0.15) is 0 Å². The average Bonchev–Trinajstić information content (AvgIpc) is 2.67. The number of rotatable bonds is 4. The fourth-order valence-electron chi connectivity index (χ4n) is 2.87. The molecule has 0 amide bonds. The minimum absolute atomic E-state index is 0.122. The lowest BCUT2D eigenvalue weighted by Crippen LogP contribution is -2.01. The van der Waals surface area contributed by atoms with Crippen LogP contribution >= 0.6 is 11.6 Å². The predicted octanol–water partition coefficient (Wildman–Crippen LogP) is 4.96. The van der Waals surface area contributed by atoms with E-state index in [0.717, 1.165) is 16.9 Å². The van der Waals surface area contributed by atoms with Crippen molar-refractivity contribution in [2.75, 3.05) is 12.4 Å². The number of fused-ring (bicyclic) bond motifs is 1. The lowest BCUT2D eigenvalue weighted by molar-refractivity contribution is 0.415. The second kappa shape index (κ2) is 7.32. The summed E-state index contributed by atoms with van der Waals surface area (Å²) in [6, 6.07) is 15.9. The van der Waals surface area contributed by atoms with Crippen LogP contribution in [0.25, 0.3) is 22.3 Å². The summed E-state index contributed by atoms with van der Waals surface area (Å²) >= 11 is 5.89. The molecule has 0 bridgehead atoms. The Hall–Kier alpha value is -3.38. The van der Waals surface area contributed by atoms with Gasteiger partial charge >= 0.3 is 0 Å². The Balaban J connectivity index is 1.64. The van der Waals surface area contributed by atoms with Crippen LogP contribution in [0.3, 0.4) is 0 Å². The Morgan fingerprint density at radius 2 is 1.82 bits per heavy atom. The SMILES string of the molecule is COc1ccc2oc(-c3ccc(Nc4cc(C)nc(Cl)n4)cc3)cc(=O)c2c1. The first-order chi connectivity index (χ1) is 13.5. The Labute approximate surface area is 165 Å². The van der Waals surface area contributed by atoms with Crippen LogP contribution < -0.4 is 15.5 Å². The third-order valence-electron chi connectivity index (χ3n) is 4.20. The molecule has 140 valence electrons. The fraction of sp³-hybridized carbons (Fsp3) is 0.0952. The van der Waals surface area contributed by atoms with Crippen molar-refractivity contribution in [3.8, 4) is 17.1 Å². The summed E-state index contributed by atoms with van der Waals surface area (Å²) < 4.78 is 11.1. The van der Waals surface area contributed by atoms with E-state index in [1.165, 1.54) is 6.07 Å². The molecular formula is C21H16ClN3O3. The molecule has 2 aromatic carbocycles. The normalized spacial score (nSPS) is 10.8. The number of aromatic nitrogens is 2. The van der Waals surface area contributed by atoms with Gasteiger partial charge in [0.2, 0.25) is 5.28 Å². The molecule has 4 aromatic rings. The van der Waals surface area contributed by atoms with Crippen LogP contribution in [0.4, 0.5) is 11.5 Å². The van der Waals surface area contributed by atoms with Gasteiger partial charge in [-0.1, -0.05) is 0 Å². The molecule has 7 heteroatoms. The van der Waals surface area contributed by atoms with Crippen molar-refractivity contribution in [1.82, 2.24) is 9.97 Å². The predicted molar refractivity (Wildman–Crippen MR) is 110 cm³/mol. The zero-order valence-electron chi connectivity index (χ0n) is 15.2. The smallest absolute Gasteiger partial charge is 0.224 e. The van der Waals surface area contributed by atoms with E-state index >= 15 is 0 Å². The highest BCUT2D eigenvalue weighted by atomic mass is 35.5. The number of hydrogen-bond donors (Lipinski definition) is 1. The molecule has 0 radical (unpaired) electrons. The zero-order chi connectivity index (χ0) is 19.7. The maximum Gasteiger partial charge on any atom is 0.224 e. The van der Waals surface area contributed by atoms with E-state index in [9.17, 15) is 4.79 Å². The van der Waals surface area contributed by atoms with Crippen LogP contribution in [-0.2, 0) is 0 Å². The van der Waals surface area contributed by atoms with Crippen LogP contribution in [0.15, 0.2) is 63.8 Å². The van der Waals surface area contributed by atoms with Gasteiger partial charge in [-0.25, -0.2) is 9.97 Å². The fourth-order valence-corrected chi connectivity index (χ4v) is 3.09. The van der Waals surface area contributed by atoms with Gasteiger partial charge < -0.3 is 14.5 Å². The van der Waals surface area contributed by atoms with E-state index in [-0.39, 0.29) is 10.7 Å². The maximum absolute atomic E-state index is 12.5. The summed E-state index contributed by atoms with van der Waals surface area (Å²) in [6.45, 7) is 1.85. The Morgan fingerprint density at radius 3 is 2.54 bits per heavy atom. The van der Waals surface area contributed by atoms with Crippen LogP contribution in [0.5, 0.6) is 5.75 Å². The summed E-state index contributed by atoms with van der Waals surface area (Å²) in [5.41, 5.74) is 2.77. The standard InChI is InChI=1S/C21H16ClN3O3/c1-12-9-20(25-21(22)23-12)24-14-5-3-13(4-6-14)19-11-17(26)16-10-15(27-2)7-8-18(16)28-19/h3-11H,1-2H3,(H,23,24,25). The molecule has 6 nitrogen and oxygen atoms in total. The molecule has 1 N–H and O–H groups in total. The Kier molecular flexibility index (Phi) is 4.71. The minimum Gasteiger partial charge on any atom is -0.497 e. The second-order valence-electron chi connectivity index (χ2n) is 6.20. The number of halogens is 1. The lowest BCUT2D eigenvalue weighted by Gasteiger charge is -2.08. The van der Waals surface area contributed by atoms with Crippen LogP contribution in [0.1, 0.15) is 5.69 Å². The second-order valence-corrected chi connectivity index (χ2v) is 6.54. The third kappa shape index (κ3) is 3.68. The van der Waals surface area contributed by atoms with Crippen molar-refractivity contribution in [2.45, 2.75) is 6.92 Å². The highest BCUT2D eigenvalue weighted by Crippen LogP contribution is 2.26. The number of benzene rings is 2. The molecule has 4 rings (SSSR count). The Morgan fingerprint density at radius 1 is 1.04 bits per heavy atom. The molecule has 2 heterocycles. The van der Waals surface area contributed by atoms with Crippen molar-refractivity contribution in [1.29, 1.82) is 0 Å².